The number of fused-ring (bicyclic) bond motifs is 1. The van der Waals surface area contributed by atoms with Crippen LogP contribution in [0.2, 0.25) is 0 Å². The molecular weight excluding hydrogens is 593 g/mol. The lowest BCUT2D eigenvalue weighted by atomic mass is 10.1. The van der Waals surface area contributed by atoms with E-state index in [-0.39, 0.29) is 40.0 Å². The molecule has 0 bridgehead atoms. The fourth-order valence-corrected chi connectivity index (χ4v) is 5.00. The minimum atomic E-state index is -3.21. The average molecular weight is 617 g/mol. The quantitative estimate of drug-likeness (QED) is 0.200. The number of hydrogen-bond donors (Lipinski definition) is 3. The lowest BCUT2D eigenvalue weighted by molar-refractivity contribution is -0.0498. The Kier molecular flexibility index (Phi) is 7.24. The number of halogens is 3. The van der Waals surface area contributed by atoms with Gasteiger partial charge in [-0.2, -0.15) is 13.9 Å². The lowest BCUT2D eigenvalue weighted by Crippen LogP contribution is -2.30. The zero-order chi connectivity index (χ0) is 32.0. The van der Waals surface area contributed by atoms with Gasteiger partial charge in [0, 0.05) is 22.7 Å². The predicted octanol–water partition coefficient (Wildman–Crippen LogP) is 5.16. The van der Waals surface area contributed by atoms with Crippen LogP contribution in [0.4, 0.5) is 19.0 Å². The first-order valence-corrected chi connectivity index (χ1v) is 13.4. The number of nitrogens with two attached hydrogens (primary N) is 1. The molecule has 0 saturated carbocycles. The van der Waals surface area contributed by atoms with Crippen molar-refractivity contribution in [1.29, 1.82) is 0 Å². The Morgan fingerprint density at radius 3 is 2.44 bits per heavy atom. The summed E-state index contributed by atoms with van der Waals surface area (Å²) in [6.07, 6.45) is 1.30. The minimum absolute atomic E-state index is 0.0300. The van der Waals surface area contributed by atoms with Gasteiger partial charge in [0.05, 0.1) is 28.8 Å². The van der Waals surface area contributed by atoms with Gasteiger partial charge in [0.25, 0.3) is 5.56 Å². The molecule has 14 heteroatoms. The number of aromatic nitrogens is 5. The summed E-state index contributed by atoms with van der Waals surface area (Å²) in [5, 5.41) is 4.62. The number of hydrogen-bond acceptors (Lipinski definition) is 7. The third kappa shape index (κ3) is 5.44. The molecule has 4 N–H and O–H groups in total. The maximum Gasteiger partial charge on any atom is 0.387 e. The molecule has 6 aromatic rings. The van der Waals surface area contributed by atoms with E-state index in [0.29, 0.717) is 27.9 Å². The van der Waals surface area contributed by atoms with Crippen LogP contribution >= 0.6 is 0 Å². The molecule has 0 atom stereocenters. The van der Waals surface area contributed by atoms with Gasteiger partial charge < -0.3 is 20.2 Å². The van der Waals surface area contributed by atoms with Crippen molar-refractivity contribution in [2.24, 2.45) is 0 Å². The number of ketones is 1. The van der Waals surface area contributed by atoms with E-state index in [9.17, 15) is 27.6 Å². The van der Waals surface area contributed by atoms with E-state index in [0.717, 1.165) is 10.6 Å². The molecule has 3 aromatic carbocycles. The van der Waals surface area contributed by atoms with Crippen molar-refractivity contribution in [3.8, 4) is 28.6 Å². The molecule has 0 aliphatic heterocycles. The van der Waals surface area contributed by atoms with E-state index in [1.165, 1.54) is 48.1 Å². The van der Waals surface area contributed by atoms with Crippen LogP contribution in [0.15, 0.2) is 82.5 Å². The molecule has 3 aromatic heterocycles. The molecule has 0 unspecified atom stereocenters. The van der Waals surface area contributed by atoms with Crippen molar-refractivity contribution in [3.05, 3.63) is 122 Å². The largest absolute Gasteiger partial charge is 0.454 e. The second-order valence-electron chi connectivity index (χ2n) is 10.0. The maximum atomic E-state index is 14.0. The highest BCUT2D eigenvalue weighted by Gasteiger charge is 2.23. The van der Waals surface area contributed by atoms with Crippen LogP contribution in [0, 0.1) is 19.7 Å². The number of aryl methyl sites for hydroxylation is 2. The number of alkyl halides is 2. The van der Waals surface area contributed by atoms with Crippen LogP contribution in [-0.4, -0.2) is 36.7 Å². The van der Waals surface area contributed by atoms with Gasteiger partial charge in [0.1, 0.15) is 11.6 Å². The van der Waals surface area contributed by atoms with Gasteiger partial charge in [-0.3, -0.25) is 19.1 Å². The monoisotopic (exact) mass is 616 g/mol. The van der Waals surface area contributed by atoms with Gasteiger partial charge in [0.2, 0.25) is 5.78 Å². The molecule has 0 aliphatic carbocycles. The van der Waals surface area contributed by atoms with Gasteiger partial charge in [-0.05, 0) is 67.9 Å². The Balaban J connectivity index is 1.34. The summed E-state index contributed by atoms with van der Waals surface area (Å²) >= 11 is 0. The molecule has 3 heterocycles. The van der Waals surface area contributed by atoms with E-state index in [4.69, 9.17) is 10.5 Å². The number of anilines is 1. The van der Waals surface area contributed by atoms with Crippen LogP contribution in [0.5, 0.6) is 17.2 Å². The Labute approximate surface area is 251 Å². The molecule has 0 saturated heterocycles. The summed E-state index contributed by atoms with van der Waals surface area (Å²) < 4.78 is 53.4. The van der Waals surface area contributed by atoms with Crippen molar-refractivity contribution in [2.75, 3.05) is 5.73 Å². The number of ether oxygens (including phenoxy) is 2. The molecule has 228 valence electrons. The first kappa shape index (κ1) is 29.0. The Hall–Kier alpha value is -6.05. The third-order valence-corrected chi connectivity index (χ3v) is 7.04. The Morgan fingerprint density at radius 2 is 1.73 bits per heavy atom. The van der Waals surface area contributed by atoms with Crippen LogP contribution in [0.1, 0.15) is 27.3 Å². The molecule has 11 nitrogen and oxygen atoms in total. The molecule has 0 fully saturated rings. The number of nitrogens with zero attached hydrogens (tertiary/aromatic N) is 3. The molecule has 45 heavy (non-hydrogen) atoms. The normalized spacial score (nSPS) is 11.3. The molecule has 0 aliphatic rings. The highest BCUT2D eigenvalue weighted by Crippen LogP contribution is 2.32. The van der Waals surface area contributed by atoms with Crippen LogP contribution < -0.4 is 26.5 Å². The van der Waals surface area contributed by atoms with Crippen LogP contribution in [0.25, 0.3) is 22.3 Å². The topological polar surface area (TPSA) is 150 Å². The fourth-order valence-electron chi connectivity index (χ4n) is 5.00. The number of aromatic amines is 2. The van der Waals surface area contributed by atoms with E-state index < -0.39 is 29.5 Å². The van der Waals surface area contributed by atoms with Gasteiger partial charge >= 0.3 is 12.3 Å². The number of nitrogen functional groups attached to an aromatic ring is 1. The van der Waals surface area contributed by atoms with Gasteiger partial charge in [-0.25, -0.2) is 13.9 Å². The number of rotatable bonds is 8. The van der Waals surface area contributed by atoms with E-state index in [2.05, 4.69) is 19.8 Å². The summed E-state index contributed by atoms with van der Waals surface area (Å²) in [6.45, 7) is 0.0208. The molecule has 6 rings (SSSR count). The van der Waals surface area contributed by atoms with E-state index >= 15 is 0 Å². The number of carbonyl (C=O) groups is 1. The van der Waals surface area contributed by atoms with E-state index in [1.54, 1.807) is 37.3 Å². The summed E-state index contributed by atoms with van der Waals surface area (Å²) in [7, 11) is 0. The smallest absolute Gasteiger partial charge is 0.387 e. The number of H-pyrrole nitrogens is 2. The third-order valence-electron chi connectivity index (χ3n) is 7.04. The number of carbonyl (C=O) groups excluding carboxylic acids is 1. The van der Waals surface area contributed by atoms with Gasteiger partial charge in [-0.1, -0.05) is 12.1 Å². The SMILES string of the molecule is Cc1cc(Oc2ccccc2F)ccc1-n1ncc(C(=O)c2cc3cc(OC(F)F)c(-n4c(C)cc(=O)[nH]c4=O)cc3[nH]2)c1N. The number of benzene rings is 3. The number of para-hydroxylation sites is 1. The van der Waals surface area contributed by atoms with Crippen LogP contribution in [-0.2, 0) is 0 Å². The Bertz CT molecular complexity index is 2230. The van der Waals surface area contributed by atoms with Gasteiger partial charge in [-0.15, -0.1) is 0 Å². The lowest BCUT2D eigenvalue weighted by Gasteiger charge is -2.14. The van der Waals surface area contributed by atoms with Crippen molar-refractivity contribution >= 4 is 22.5 Å². The summed E-state index contributed by atoms with van der Waals surface area (Å²) in [5.74, 6) is -0.918. The fraction of sp³-hybridized carbons (Fsp3) is 0.0968. The Morgan fingerprint density at radius 1 is 0.956 bits per heavy atom. The summed E-state index contributed by atoms with van der Waals surface area (Å²) in [4.78, 5) is 42.9. The molecule has 0 radical (unpaired) electrons. The van der Waals surface area contributed by atoms with Crippen molar-refractivity contribution < 1.29 is 27.4 Å². The van der Waals surface area contributed by atoms with Crippen LogP contribution in [0.3, 0.4) is 0 Å². The number of nitrogens with one attached hydrogen (secondary N) is 2. The predicted molar refractivity (Wildman–Crippen MR) is 159 cm³/mol. The minimum Gasteiger partial charge on any atom is -0.454 e. The average Bonchev–Trinajstić information content (AvgIpc) is 3.56. The van der Waals surface area contributed by atoms with E-state index in [1.807, 2.05) is 0 Å². The second-order valence-corrected chi connectivity index (χ2v) is 10.0. The molecule has 0 spiro atoms. The zero-order valence-corrected chi connectivity index (χ0v) is 23.6. The van der Waals surface area contributed by atoms with Gasteiger partial charge in [0.15, 0.2) is 17.3 Å². The summed E-state index contributed by atoms with van der Waals surface area (Å²) in [6, 6.07) is 16.1. The second kappa shape index (κ2) is 11.2. The highest BCUT2D eigenvalue weighted by atomic mass is 19.3. The molecular formula is C31H23F3N6O5. The first-order valence-electron chi connectivity index (χ1n) is 13.4. The van der Waals surface area contributed by atoms with Crippen molar-refractivity contribution in [3.63, 3.8) is 0 Å². The zero-order valence-electron chi connectivity index (χ0n) is 23.6. The molecule has 0 amide bonds. The summed E-state index contributed by atoms with van der Waals surface area (Å²) in [5.41, 5.74) is 6.61. The maximum absolute atomic E-state index is 14.0. The van der Waals surface area contributed by atoms with Crippen molar-refractivity contribution in [2.45, 2.75) is 20.5 Å². The highest BCUT2D eigenvalue weighted by molar-refractivity contribution is 6.12. The first-order chi connectivity index (χ1) is 21.5. The van der Waals surface area contributed by atoms with Crippen molar-refractivity contribution in [1.82, 2.24) is 24.3 Å². The standard InChI is InChI=1S/C31H23F3N6O5/c1-15-9-18(44-25-6-4-3-5-20(25)32)7-8-23(15)40-29(35)19(14-36-40)28(42)22-11-17-12-26(45-30(33)34)24(13-21(17)37-22)39-16(2)10-27(41)38-31(39)43/h3-14,30,37H,35H2,1-2H3,(H,38,41,43).